The first-order valence-corrected chi connectivity index (χ1v) is 5.92. The van der Waals surface area contributed by atoms with Crippen LogP contribution in [0.25, 0.3) is 0 Å². The molecule has 0 saturated carbocycles. The van der Waals surface area contributed by atoms with Gasteiger partial charge in [0.05, 0.1) is 11.9 Å². The minimum atomic E-state index is -3.20. The lowest BCUT2D eigenvalue weighted by Crippen LogP contribution is -2.32. The molecule has 72 valence electrons. The number of rotatable bonds is 3. The van der Waals surface area contributed by atoms with Crippen molar-refractivity contribution in [2.75, 3.05) is 24.7 Å². The van der Waals surface area contributed by atoms with Gasteiger partial charge in [0.1, 0.15) is 0 Å². The van der Waals surface area contributed by atoms with E-state index >= 15 is 0 Å². The van der Waals surface area contributed by atoms with E-state index in [2.05, 4.69) is 0 Å². The third kappa shape index (κ3) is 2.32. The Labute approximate surface area is 77.2 Å². The Bertz CT molecular complexity index is 241. The minimum absolute atomic E-state index is 0.0404. The number of aliphatic hydroxyl groups excluding tert-OH is 1. The van der Waals surface area contributed by atoms with Gasteiger partial charge in [-0.15, -0.1) is 11.6 Å². The molecule has 0 aliphatic carbocycles. The molecule has 0 unspecified atom stereocenters. The van der Waals surface area contributed by atoms with Gasteiger partial charge in [0, 0.05) is 19.0 Å². The van der Waals surface area contributed by atoms with Gasteiger partial charge in [-0.25, -0.2) is 8.42 Å². The highest BCUT2D eigenvalue weighted by molar-refractivity contribution is 7.89. The third-order valence-corrected chi connectivity index (χ3v) is 4.11. The Hall–Kier alpha value is 0.160. The standard InChI is InChI=1S/C6H12ClNO3S/c7-2-4-12(10,11)8-3-1-6(9)5-8/h6,9H,1-5H2/t6-/m0/s1. The molecule has 1 aliphatic rings. The van der Waals surface area contributed by atoms with Crippen LogP contribution in [0.5, 0.6) is 0 Å². The second-order valence-corrected chi connectivity index (χ2v) is 5.27. The van der Waals surface area contributed by atoms with Crippen molar-refractivity contribution < 1.29 is 13.5 Å². The molecule has 1 rings (SSSR count). The normalized spacial score (nSPS) is 26.3. The van der Waals surface area contributed by atoms with Crippen molar-refractivity contribution in [3.8, 4) is 0 Å². The summed E-state index contributed by atoms with van der Waals surface area (Å²) >= 11 is 5.33. The summed E-state index contributed by atoms with van der Waals surface area (Å²) in [5.74, 6) is 0.0657. The Kier molecular flexibility index (Phi) is 3.34. The molecule has 0 aromatic carbocycles. The van der Waals surface area contributed by atoms with Crippen LogP contribution in [0.3, 0.4) is 0 Å². The smallest absolute Gasteiger partial charge is 0.215 e. The van der Waals surface area contributed by atoms with Gasteiger partial charge < -0.3 is 5.11 Å². The number of nitrogens with zero attached hydrogens (tertiary/aromatic N) is 1. The first-order chi connectivity index (χ1) is 5.56. The molecule has 1 heterocycles. The zero-order valence-corrected chi connectivity index (χ0v) is 8.18. The fourth-order valence-corrected chi connectivity index (χ4v) is 3.01. The Balaban J connectivity index is 2.58. The first kappa shape index (κ1) is 10.2. The number of β-amino-alcohol motifs (C(OH)–C–C–N with tert-alkyl or cyclic N) is 1. The Morgan fingerprint density at radius 2 is 2.25 bits per heavy atom. The lowest BCUT2D eigenvalue weighted by Gasteiger charge is -2.13. The lowest BCUT2D eigenvalue weighted by atomic mass is 10.3. The summed E-state index contributed by atoms with van der Waals surface area (Å²) in [6.07, 6.45) is 0.0247. The molecular weight excluding hydrogens is 202 g/mol. The van der Waals surface area contributed by atoms with E-state index in [0.29, 0.717) is 13.0 Å². The zero-order valence-electron chi connectivity index (χ0n) is 6.61. The highest BCUT2D eigenvalue weighted by Gasteiger charge is 2.29. The molecular formula is C6H12ClNO3S. The van der Waals surface area contributed by atoms with Gasteiger partial charge in [0.25, 0.3) is 0 Å². The van der Waals surface area contributed by atoms with Crippen molar-refractivity contribution in [3.63, 3.8) is 0 Å². The van der Waals surface area contributed by atoms with Gasteiger partial charge >= 0.3 is 0 Å². The largest absolute Gasteiger partial charge is 0.392 e. The van der Waals surface area contributed by atoms with Crippen molar-refractivity contribution in [1.29, 1.82) is 0 Å². The second-order valence-electron chi connectivity index (χ2n) is 2.81. The number of sulfonamides is 1. The number of alkyl halides is 1. The second kappa shape index (κ2) is 3.91. The van der Waals surface area contributed by atoms with Crippen LogP contribution in [0.15, 0.2) is 0 Å². The van der Waals surface area contributed by atoms with Crippen LogP contribution < -0.4 is 0 Å². The van der Waals surface area contributed by atoms with Crippen molar-refractivity contribution in [2.24, 2.45) is 0 Å². The number of hydrogen-bond donors (Lipinski definition) is 1. The average Bonchev–Trinajstić information content (AvgIpc) is 2.36. The molecule has 0 aromatic rings. The van der Waals surface area contributed by atoms with Crippen LogP contribution in [0.1, 0.15) is 6.42 Å². The Morgan fingerprint density at radius 1 is 1.58 bits per heavy atom. The van der Waals surface area contributed by atoms with E-state index in [1.54, 1.807) is 0 Å². The Morgan fingerprint density at radius 3 is 2.67 bits per heavy atom. The molecule has 0 radical (unpaired) electrons. The summed E-state index contributed by atoms with van der Waals surface area (Å²) < 4.78 is 23.9. The summed E-state index contributed by atoms with van der Waals surface area (Å²) in [4.78, 5) is 0. The molecule has 6 heteroatoms. The van der Waals surface area contributed by atoms with Crippen molar-refractivity contribution in [2.45, 2.75) is 12.5 Å². The van der Waals surface area contributed by atoms with E-state index in [-0.39, 0.29) is 18.2 Å². The number of halogens is 1. The zero-order chi connectivity index (χ0) is 9.19. The van der Waals surface area contributed by atoms with Crippen molar-refractivity contribution in [3.05, 3.63) is 0 Å². The number of hydrogen-bond acceptors (Lipinski definition) is 3. The highest BCUT2D eigenvalue weighted by atomic mass is 35.5. The summed E-state index contributed by atoms with van der Waals surface area (Å²) in [5, 5.41) is 9.09. The molecule has 1 N–H and O–H groups in total. The molecule has 1 fully saturated rings. The first-order valence-electron chi connectivity index (χ1n) is 3.78. The lowest BCUT2D eigenvalue weighted by molar-refractivity contribution is 0.189. The monoisotopic (exact) mass is 213 g/mol. The summed E-state index contributed by atoms with van der Waals surface area (Å²) in [5.41, 5.74) is 0. The molecule has 0 aromatic heterocycles. The number of aliphatic hydroxyl groups is 1. The predicted octanol–water partition coefficient (Wildman–Crippen LogP) is -0.378. The average molecular weight is 214 g/mol. The maximum absolute atomic E-state index is 11.3. The highest BCUT2D eigenvalue weighted by Crippen LogP contribution is 2.13. The predicted molar refractivity (Wildman–Crippen MR) is 46.7 cm³/mol. The van der Waals surface area contributed by atoms with E-state index in [0.717, 1.165) is 0 Å². The summed E-state index contributed by atoms with van der Waals surface area (Å²) in [7, 11) is -3.20. The maximum Gasteiger partial charge on any atom is 0.215 e. The summed E-state index contributed by atoms with van der Waals surface area (Å²) in [6, 6.07) is 0. The van der Waals surface area contributed by atoms with Crippen LogP contribution in [0, 0.1) is 0 Å². The molecule has 0 amide bonds. The maximum atomic E-state index is 11.3. The van der Waals surface area contributed by atoms with Crippen LogP contribution in [0.2, 0.25) is 0 Å². The molecule has 1 saturated heterocycles. The van der Waals surface area contributed by atoms with Gasteiger partial charge in [0.2, 0.25) is 10.0 Å². The van der Waals surface area contributed by atoms with Crippen LogP contribution in [0.4, 0.5) is 0 Å². The van der Waals surface area contributed by atoms with Crippen molar-refractivity contribution >= 4 is 21.6 Å². The minimum Gasteiger partial charge on any atom is -0.392 e. The van der Waals surface area contributed by atoms with Crippen LogP contribution >= 0.6 is 11.6 Å². The van der Waals surface area contributed by atoms with Gasteiger partial charge in [-0.3, -0.25) is 0 Å². The molecule has 0 spiro atoms. The van der Waals surface area contributed by atoms with Gasteiger partial charge in [-0.1, -0.05) is 0 Å². The van der Waals surface area contributed by atoms with Gasteiger partial charge in [-0.2, -0.15) is 4.31 Å². The van der Waals surface area contributed by atoms with E-state index in [1.807, 2.05) is 0 Å². The third-order valence-electron chi connectivity index (χ3n) is 1.85. The fraction of sp³-hybridized carbons (Fsp3) is 1.00. The van der Waals surface area contributed by atoms with E-state index in [9.17, 15) is 8.42 Å². The van der Waals surface area contributed by atoms with Gasteiger partial charge in [-0.05, 0) is 6.42 Å². The molecule has 4 nitrogen and oxygen atoms in total. The molecule has 1 atom stereocenters. The van der Waals surface area contributed by atoms with Crippen LogP contribution in [-0.2, 0) is 10.0 Å². The summed E-state index contributed by atoms with van der Waals surface area (Å²) in [6.45, 7) is 0.639. The molecule has 12 heavy (non-hydrogen) atoms. The molecule has 1 aliphatic heterocycles. The van der Waals surface area contributed by atoms with E-state index in [4.69, 9.17) is 16.7 Å². The quantitative estimate of drug-likeness (QED) is 0.651. The van der Waals surface area contributed by atoms with Crippen LogP contribution in [-0.4, -0.2) is 48.7 Å². The van der Waals surface area contributed by atoms with E-state index < -0.39 is 16.1 Å². The van der Waals surface area contributed by atoms with Gasteiger partial charge in [0.15, 0.2) is 0 Å². The fourth-order valence-electron chi connectivity index (χ4n) is 1.19. The topological polar surface area (TPSA) is 57.6 Å². The molecule has 0 bridgehead atoms. The SMILES string of the molecule is O=S(=O)(CCCl)N1CC[C@H](O)C1. The van der Waals surface area contributed by atoms with Crippen molar-refractivity contribution in [1.82, 2.24) is 4.31 Å². The van der Waals surface area contributed by atoms with E-state index in [1.165, 1.54) is 4.31 Å².